The van der Waals surface area contributed by atoms with E-state index in [4.69, 9.17) is 5.26 Å². The van der Waals surface area contributed by atoms with Crippen molar-refractivity contribution in [1.82, 2.24) is 0 Å². The van der Waals surface area contributed by atoms with Crippen molar-refractivity contribution in [3.8, 4) is 6.07 Å². The molecule has 0 fully saturated rings. The summed E-state index contributed by atoms with van der Waals surface area (Å²) in [4.78, 5) is 11.3. The third-order valence-electron chi connectivity index (χ3n) is 1.11. The number of thiophene rings is 1. The van der Waals surface area contributed by atoms with Gasteiger partial charge in [0, 0.05) is 4.90 Å². The Kier molecular flexibility index (Phi) is 3.14. The van der Waals surface area contributed by atoms with Crippen LogP contribution in [0.25, 0.3) is 0 Å². The number of carboxylic acid groups (broad SMARTS) is 1. The van der Waals surface area contributed by atoms with Crippen molar-refractivity contribution in [2.75, 3.05) is 5.75 Å². The average Bonchev–Trinajstić information content (AvgIpc) is 2.48. The van der Waals surface area contributed by atoms with Gasteiger partial charge in [0.15, 0.2) is 0 Å². The molecule has 0 saturated carbocycles. The molecule has 0 N–H and O–H groups in total. The maximum Gasteiger partial charge on any atom is 0.0855 e. The Morgan fingerprint density at radius 3 is 3.17 bits per heavy atom. The lowest BCUT2D eigenvalue weighted by Crippen LogP contribution is -2.21. The minimum atomic E-state index is -1.18. The van der Waals surface area contributed by atoms with Crippen molar-refractivity contribution in [3.63, 3.8) is 0 Å². The minimum absolute atomic E-state index is 0.204. The molecule has 1 aromatic rings. The number of thioether (sulfide) groups is 1. The number of rotatable bonds is 3. The molecule has 0 aliphatic heterocycles. The summed E-state index contributed by atoms with van der Waals surface area (Å²) in [6.07, 6.45) is 0. The molecule has 0 aliphatic rings. The maximum atomic E-state index is 10.4. The molecular weight excluding hydrogens is 194 g/mol. The highest BCUT2D eigenvalue weighted by Crippen LogP contribution is 2.26. The van der Waals surface area contributed by atoms with Crippen LogP contribution in [0.3, 0.4) is 0 Å². The van der Waals surface area contributed by atoms with E-state index in [1.165, 1.54) is 11.8 Å². The predicted molar refractivity (Wildman–Crippen MR) is 45.0 cm³/mol. The standard InChI is InChI=1S/C7H5NO2S2/c8-2-4-11-5-1-3-12-6(5)7(9)10/h1,3H,4H2,(H,9,10)/p-1. The molecule has 1 rings (SSSR count). The third kappa shape index (κ3) is 2.00. The fourth-order valence-corrected chi connectivity index (χ4v) is 2.30. The number of hydrogen-bond donors (Lipinski definition) is 0. The first-order valence-corrected chi connectivity index (χ1v) is 4.91. The van der Waals surface area contributed by atoms with Gasteiger partial charge in [-0.25, -0.2) is 0 Å². The summed E-state index contributed by atoms with van der Waals surface area (Å²) in [6, 6.07) is 3.60. The molecule has 0 aliphatic carbocycles. The van der Waals surface area contributed by atoms with Gasteiger partial charge in [-0.15, -0.1) is 23.1 Å². The lowest BCUT2D eigenvalue weighted by atomic mass is 10.5. The highest BCUT2D eigenvalue weighted by atomic mass is 32.2. The van der Waals surface area contributed by atoms with E-state index in [9.17, 15) is 9.90 Å². The number of nitriles is 1. The fourth-order valence-electron chi connectivity index (χ4n) is 0.670. The molecule has 0 saturated heterocycles. The fraction of sp³-hybridized carbons (Fsp3) is 0.143. The Bertz CT molecular complexity index is 326. The quantitative estimate of drug-likeness (QED) is 0.671. The summed E-state index contributed by atoms with van der Waals surface area (Å²) in [6.45, 7) is 0. The van der Waals surface area contributed by atoms with Crippen molar-refractivity contribution >= 4 is 29.1 Å². The Balaban J connectivity index is 2.79. The van der Waals surface area contributed by atoms with Crippen LogP contribution < -0.4 is 5.11 Å². The number of carboxylic acids is 1. The van der Waals surface area contributed by atoms with Crippen molar-refractivity contribution in [2.24, 2.45) is 0 Å². The van der Waals surface area contributed by atoms with Gasteiger partial charge in [-0.2, -0.15) is 5.26 Å². The molecule has 0 radical (unpaired) electrons. The van der Waals surface area contributed by atoms with E-state index in [0.717, 1.165) is 11.3 Å². The topological polar surface area (TPSA) is 63.9 Å². The third-order valence-corrected chi connectivity index (χ3v) is 3.06. The summed E-state index contributed by atoms with van der Waals surface area (Å²) in [7, 11) is 0. The molecule has 0 atom stereocenters. The predicted octanol–water partition coefficient (Wildman–Crippen LogP) is 0.727. The van der Waals surface area contributed by atoms with Crippen LogP contribution >= 0.6 is 23.1 Å². The highest BCUT2D eigenvalue weighted by Gasteiger charge is 2.04. The zero-order valence-electron chi connectivity index (χ0n) is 5.94. The first-order chi connectivity index (χ1) is 5.75. The minimum Gasteiger partial charge on any atom is -0.544 e. The lowest BCUT2D eigenvalue weighted by molar-refractivity contribution is -0.254. The largest absolute Gasteiger partial charge is 0.544 e. The van der Waals surface area contributed by atoms with Crippen LogP contribution in [0.2, 0.25) is 0 Å². The summed E-state index contributed by atoms with van der Waals surface area (Å²) >= 11 is 2.33. The first kappa shape index (κ1) is 9.10. The van der Waals surface area contributed by atoms with Gasteiger partial charge < -0.3 is 9.90 Å². The molecular formula is C7H4NO2S2-. The van der Waals surface area contributed by atoms with Gasteiger partial charge in [-0.3, -0.25) is 0 Å². The van der Waals surface area contributed by atoms with Crippen LogP contribution in [-0.4, -0.2) is 11.7 Å². The van der Waals surface area contributed by atoms with Crippen LogP contribution in [-0.2, 0) is 0 Å². The second kappa shape index (κ2) is 4.14. The number of nitrogens with zero attached hydrogens (tertiary/aromatic N) is 1. The van der Waals surface area contributed by atoms with Crippen LogP contribution in [0.1, 0.15) is 9.67 Å². The Morgan fingerprint density at radius 2 is 2.58 bits per heavy atom. The normalized spacial score (nSPS) is 9.25. The summed E-state index contributed by atoms with van der Waals surface area (Å²) in [5, 5.41) is 20.4. The molecule has 3 nitrogen and oxygen atoms in total. The van der Waals surface area contributed by atoms with E-state index in [1.54, 1.807) is 11.4 Å². The van der Waals surface area contributed by atoms with Gasteiger partial charge in [-0.1, -0.05) is 0 Å². The van der Waals surface area contributed by atoms with Gasteiger partial charge in [-0.05, 0) is 11.4 Å². The molecule has 5 heteroatoms. The SMILES string of the molecule is N#CCSc1ccsc1C(=O)[O-]. The van der Waals surface area contributed by atoms with Crippen molar-refractivity contribution in [2.45, 2.75) is 4.90 Å². The second-order valence-electron chi connectivity index (χ2n) is 1.85. The number of carbonyl (C=O) groups excluding carboxylic acids is 1. The van der Waals surface area contributed by atoms with E-state index in [2.05, 4.69) is 0 Å². The molecule has 12 heavy (non-hydrogen) atoms. The van der Waals surface area contributed by atoms with E-state index in [1.807, 2.05) is 6.07 Å². The molecule has 0 aromatic carbocycles. The van der Waals surface area contributed by atoms with Crippen molar-refractivity contribution < 1.29 is 9.90 Å². The zero-order chi connectivity index (χ0) is 8.97. The molecule has 1 heterocycles. The van der Waals surface area contributed by atoms with Crippen LogP contribution in [0.15, 0.2) is 16.3 Å². The van der Waals surface area contributed by atoms with E-state index in [-0.39, 0.29) is 10.6 Å². The van der Waals surface area contributed by atoms with Gasteiger partial charge in [0.2, 0.25) is 0 Å². The average molecular weight is 198 g/mol. The van der Waals surface area contributed by atoms with Gasteiger partial charge in [0.05, 0.1) is 22.7 Å². The highest BCUT2D eigenvalue weighted by molar-refractivity contribution is 7.99. The maximum absolute atomic E-state index is 10.4. The Morgan fingerprint density at radius 1 is 1.83 bits per heavy atom. The summed E-state index contributed by atoms with van der Waals surface area (Å²) < 4.78 is 0. The molecule has 0 bridgehead atoms. The number of carbonyl (C=O) groups is 1. The summed E-state index contributed by atoms with van der Waals surface area (Å²) in [5.74, 6) is -0.915. The van der Waals surface area contributed by atoms with E-state index >= 15 is 0 Å². The Hall–Kier alpha value is -0.990. The van der Waals surface area contributed by atoms with Crippen molar-refractivity contribution in [3.05, 3.63) is 16.3 Å². The number of aromatic carboxylic acids is 1. The van der Waals surface area contributed by atoms with Crippen LogP contribution in [0.4, 0.5) is 0 Å². The zero-order valence-corrected chi connectivity index (χ0v) is 7.58. The Labute approximate surface area is 77.6 Å². The van der Waals surface area contributed by atoms with E-state index in [0.29, 0.717) is 4.90 Å². The lowest BCUT2D eigenvalue weighted by Gasteiger charge is -2.00. The van der Waals surface area contributed by atoms with Gasteiger partial charge in [0.1, 0.15) is 0 Å². The molecule has 0 unspecified atom stereocenters. The smallest absolute Gasteiger partial charge is 0.0855 e. The first-order valence-electron chi connectivity index (χ1n) is 3.04. The van der Waals surface area contributed by atoms with Crippen molar-refractivity contribution in [1.29, 1.82) is 5.26 Å². The molecule has 1 aromatic heterocycles. The summed E-state index contributed by atoms with van der Waals surface area (Å²) in [5.41, 5.74) is 0. The van der Waals surface area contributed by atoms with E-state index < -0.39 is 5.97 Å². The van der Waals surface area contributed by atoms with Crippen LogP contribution in [0, 0.1) is 11.3 Å². The molecule has 0 amide bonds. The molecule has 62 valence electrons. The van der Waals surface area contributed by atoms with Crippen LogP contribution in [0.5, 0.6) is 0 Å². The monoisotopic (exact) mass is 198 g/mol. The van der Waals surface area contributed by atoms with Gasteiger partial charge in [0.25, 0.3) is 0 Å². The second-order valence-corrected chi connectivity index (χ2v) is 3.78. The van der Waals surface area contributed by atoms with Gasteiger partial charge >= 0.3 is 0 Å². The molecule has 0 spiro atoms. The number of hydrogen-bond acceptors (Lipinski definition) is 5.